The largest absolute Gasteiger partial charge is 0.490 e. The summed E-state index contributed by atoms with van der Waals surface area (Å²) in [6.07, 6.45) is 0. The van der Waals surface area contributed by atoms with Gasteiger partial charge in [0.15, 0.2) is 11.5 Å². The van der Waals surface area contributed by atoms with Crippen LogP contribution in [0.5, 0.6) is 11.5 Å². The van der Waals surface area contributed by atoms with Crippen molar-refractivity contribution in [3.63, 3.8) is 0 Å². The maximum atomic E-state index is 13.8. The number of ether oxygens (including phenoxy) is 2. The van der Waals surface area contributed by atoms with E-state index >= 15 is 0 Å². The molecular formula is C26H25BrN2O4. The number of benzene rings is 3. The molecule has 0 bridgehead atoms. The maximum absolute atomic E-state index is 13.8. The van der Waals surface area contributed by atoms with Gasteiger partial charge in [-0.15, -0.1) is 0 Å². The predicted octanol–water partition coefficient (Wildman–Crippen LogP) is 5.43. The molecule has 0 saturated carbocycles. The minimum Gasteiger partial charge on any atom is -0.490 e. The van der Waals surface area contributed by atoms with Gasteiger partial charge in [-0.1, -0.05) is 46.3 Å². The van der Waals surface area contributed by atoms with Crippen LogP contribution in [0.2, 0.25) is 0 Å². The zero-order valence-corrected chi connectivity index (χ0v) is 20.1. The van der Waals surface area contributed by atoms with Gasteiger partial charge in [0.05, 0.1) is 19.3 Å². The molecule has 7 heteroatoms. The van der Waals surface area contributed by atoms with E-state index in [4.69, 9.17) is 9.47 Å². The number of carbonyl (C=O) groups is 2. The number of nitrogens with one attached hydrogen (secondary N) is 1. The van der Waals surface area contributed by atoms with Crippen LogP contribution in [0.15, 0.2) is 71.2 Å². The molecule has 2 amide bonds. The summed E-state index contributed by atoms with van der Waals surface area (Å²) in [6, 6.07) is 20.1. The topological polar surface area (TPSA) is 67.9 Å². The number of hydrogen-bond acceptors (Lipinski definition) is 4. The van der Waals surface area contributed by atoms with Crippen LogP contribution in [-0.2, 0) is 4.79 Å². The van der Waals surface area contributed by atoms with Gasteiger partial charge in [-0.25, -0.2) is 0 Å². The van der Waals surface area contributed by atoms with Gasteiger partial charge in [0, 0.05) is 21.3 Å². The number of nitrogens with zero attached hydrogens (tertiary/aromatic N) is 1. The van der Waals surface area contributed by atoms with Gasteiger partial charge >= 0.3 is 0 Å². The molecule has 0 aliphatic carbocycles. The molecule has 0 aromatic heterocycles. The van der Waals surface area contributed by atoms with Gasteiger partial charge < -0.3 is 19.7 Å². The van der Waals surface area contributed by atoms with Crippen LogP contribution >= 0.6 is 15.9 Å². The van der Waals surface area contributed by atoms with Crippen molar-refractivity contribution in [3.05, 3.63) is 87.9 Å². The van der Waals surface area contributed by atoms with Gasteiger partial charge in [-0.05, 0) is 55.8 Å². The summed E-state index contributed by atoms with van der Waals surface area (Å²) in [5.74, 6) is 0.569. The molecule has 1 unspecified atom stereocenters. The fraction of sp³-hybridized carbons (Fsp3) is 0.231. The smallest absolute Gasteiger partial charge is 0.255 e. The number of amides is 2. The molecule has 170 valence electrons. The van der Waals surface area contributed by atoms with E-state index < -0.39 is 6.04 Å². The molecule has 1 heterocycles. The van der Waals surface area contributed by atoms with Gasteiger partial charge in [-0.3, -0.25) is 9.59 Å². The highest BCUT2D eigenvalue weighted by molar-refractivity contribution is 9.10. The Labute approximate surface area is 201 Å². The van der Waals surface area contributed by atoms with Crippen LogP contribution in [0.4, 0.5) is 5.69 Å². The fourth-order valence-electron chi connectivity index (χ4n) is 4.01. The van der Waals surface area contributed by atoms with Crippen molar-refractivity contribution in [1.82, 2.24) is 4.90 Å². The first-order valence-corrected chi connectivity index (χ1v) is 11.7. The van der Waals surface area contributed by atoms with Crippen molar-refractivity contribution in [2.75, 3.05) is 25.1 Å². The standard InChI is InChI=1S/C26H25BrN2O4/c1-3-32-22-13-10-18(14-23(22)33-4-2)26(31)29-16-24(30)28-21-12-11-19(27)15-20(21)25(29)17-8-6-5-7-9-17/h5-15,25H,3-4,16H2,1-2H3,(H,28,30). The van der Waals surface area contributed by atoms with E-state index in [1.807, 2.05) is 62.4 Å². The Bertz CT molecular complexity index is 1170. The number of carbonyl (C=O) groups excluding carboxylic acids is 2. The normalized spacial score (nSPS) is 15.3. The molecule has 3 aromatic carbocycles. The van der Waals surface area contributed by atoms with Crippen LogP contribution in [0.3, 0.4) is 0 Å². The molecule has 3 aromatic rings. The van der Waals surface area contributed by atoms with E-state index in [0.29, 0.717) is 36.0 Å². The molecule has 4 rings (SSSR count). The summed E-state index contributed by atoms with van der Waals surface area (Å²) in [4.78, 5) is 28.2. The average Bonchev–Trinajstić information content (AvgIpc) is 2.96. The Hall–Kier alpha value is -3.32. The van der Waals surface area contributed by atoms with E-state index in [9.17, 15) is 9.59 Å². The van der Waals surface area contributed by atoms with Crippen LogP contribution in [0.25, 0.3) is 0 Å². The number of halogens is 1. The van der Waals surface area contributed by atoms with Crippen molar-refractivity contribution in [3.8, 4) is 11.5 Å². The molecule has 33 heavy (non-hydrogen) atoms. The van der Waals surface area contributed by atoms with Gasteiger partial charge in [0.2, 0.25) is 5.91 Å². The first-order valence-electron chi connectivity index (χ1n) is 10.9. The Morgan fingerprint density at radius 1 is 1.00 bits per heavy atom. The summed E-state index contributed by atoms with van der Waals surface area (Å²) in [5, 5.41) is 2.94. The lowest BCUT2D eigenvalue weighted by atomic mass is 9.95. The van der Waals surface area contributed by atoms with E-state index in [2.05, 4.69) is 21.2 Å². The lowest BCUT2D eigenvalue weighted by molar-refractivity contribution is -0.117. The SMILES string of the molecule is CCOc1ccc(C(=O)N2CC(=O)Nc3ccc(Br)cc3C2c2ccccc2)cc1OCC. The Balaban J connectivity index is 1.82. The number of hydrogen-bond donors (Lipinski definition) is 1. The van der Waals surface area contributed by atoms with Crippen LogP contribution in [0.1, 0.15) is 41.4 Å². The zero-order chi connectivity index (χ0) is 23.4. The summed E-state index contributed by atoms with van der Waals surface area (Å²) in [5.41, 5.74) is 2.87. The highest BCUT2D eigenvalue weighted by Crippen LogP contribution is 2.38. The van der Waals surface area contributed by atoms with E-state index in [1.165, 1.54) is 0 Å². The molecular weight excluding hydrogens is 484 g/mol. The summed E-state index contributed by atoms with van der Waals surface area (Å²) in [7, 11) is 0. The van der Waals surface area contributed by atoms with Gasteiger partial charge in [0.1, 0.15) is 6.54 Å². The Kier molecular flexibility index (Phi) is 6.99. The first kappa shape index (κ1) is 22.9. The van der Waals surface area contributed by atoms with Crippen molar-refractivity contribution >= 4 is 33.4 Å². The third-order valence-corrected chi connectivity index (χ3v) is 5.87. The van der Waals surface area contributed by atoms with E-state index in [0.717, 1.165) is 15.6 Å². The summed E-state index contributed by atoms with van der Waals surface area (Å²) < 4.78 is 12.2. The molecule has 0 radical (unpaired) electrons. The molecule has 6 nitrogen and oxygen atoms in total. The second-order valence-electron chi connectivity index (χ2n) is 7.55. The van der Waals surface area contributed by atoms with Gasteiger partial charge in [-0.2, -0.15) is 0 Å². The lowest BCUT2D eigenvalue weighted by Crippen LogP contribution is -2.39. The highest BCUT2D eigenvalue weighted by atomic mass is 79.9. The zero-order valence-electron chi connectivity index (χ0n) is 18.5. The number of fused-ring (bicyclic) bond motifs is 1. The average molecular weight is 509 g/mol. The van der Waals surface area contributed by atoms with Crippen LogP contribution in [0, 0.1) is 0 Å². The third kappa shape index (κ3) is 4.88. The minimum absolute atomic E-state index is 0.0815. The molecule has 1 atom stereocenters. The lowest BCUT2D eigenvalue weighted by Gasteiger charge is -2.31. The number of anilines is 1. The molecule has 0 saturated heterocycles. The van der Waals surface area contributed by atoms with Gasteiger partial charge in [0.25, 0.3) is 5.91 Å². The quantitative estimate of drug-likeness (QED) is 0.481. The second-order valence-corrected chi connectivity index (χ2v) is 8.47. The summed E-state index contributed by atoms with van der Waals surface area (Å²) in [6.45, 7) is 4.62. The van der Waals surface area contributed by atoms with E-state index in [1.54, 1.807) is 23.1 Å². The Morgan fingerprint density at radius 3 is 2.45 bits per heavy atom. The van der Waals surface area contributed by atoms with Crippen molar-refractivity contribution in [2.45, 2.75) is 19.9 Å². The second kappa shape index (κ2) is 10.1. The first-order chi connectivity index (χ1) is 16.0. The monoisotopic (exact) mass is 508 g/mol. The number of rotatable bonds is 6. The summed E-state index contributed by atoms with van der Waals surface area (Å²) >= 11 is 3.54. The van der Waals surface area contributed by atoms with Crippen LogP contribution in [-0.4, -0.2) is 36.5 Å². The van der Waals surface area contributed by atoms with Crippen molar-refractivity contribution in [1.29, 1.82) is 0 Å². The molecule has 1 aliphatic heterocycles. The van der Waals surface area contributed by atoms with E-state index in [-0.39, 0.29) is 18.4 Å². The van der Waals surface area contributed by atoms with Crippen molar-refractivity contribution in [2.24, 2.45) is 0 Å². The van der Waals surface area contributed by atoms with Crippen LogP contribution < -0.4 is 14.8 Å². The molecule has 1 aliphatic rings. The fourth-order valence-corrected chi connectivity index (χ4v) is 4.39. The Morgan fingerprint density at radius 2 is 1.73 bits per heavy atom. The predicted molar refractivity (Wildman–Crippen MR) is 131 cm³/mol. The van der Waals surface area contributed by atoms with Crippen molar-refractivity contribution < 1.29 is 19.1 Å². The highest BCUT2D eigenvalue weighted by Gasteiger charge is 2.34. The minimum atomic E-state index is -0.452. The molecule has 0 fully saturated rings. The molecule has 0 spiro atoms. The maximum Gasteiger partial charge on any atom is 0.255 e. The molecule has 1 N–H and O–H groups in total. The third-order valence-electron chi connectivity index (χ3n) is 5.37.